The molecule has 3 rings (SSSR count). The Morgan fingerprint density at radius 1 is 1.00 bits per heavy atom. The van der Waals surface area contributed by atoms with E-state index in [0.29, 0.717) is 5.69 Å². The lowest BCUT2D eigenvalue weighted by Crippen LogP contribution is -2.22. The Kier molecular flexibility index (Phi) is 6.91. The normalized spacial score (nSPS) is 11.2. The van der Waals surface area contributed by atoms with Gasteiger partial charge in [0.15, 0.2) is 16.4 Å². The van der Waals surface area contributed by atoms with Crippen molar-refractivity contribution in [2.24, 2.45) is 0 Å². The van der Waals surface area contributed by atoms with Crippen LogP contribution >= 0.6 is 0 Å². The Bertz CT molecular complexity index is 1180. The van der Waals surface area contributed by atoms with E-state index >= 15 is 0 Å². The van der Waals surface area contributed by atoms with Crippen molar-refractivity contribution in [2.75, 3.05) is 11.9 Å². The van der Waals surface area contributed by atoms with E-state index in [9.17, 15) is 18.0 Å². The fourth-order valence-corrected chi connectivity index (χ4v) is 4.49. The zero-order chi connectivity index (χ0) is 22.4. The number of benzene rings is 2. The number of anilines is 1. The number of sulfone groups is 1. The summed E-state index contributed by atoms with van der Waals surface area (Å²) in [6.45, 7) is 3.33. The van der Waals surface area contributed by atoms with E-state index in [1.165, 1.54) is 24.5 Å². The molecule has 1 N–H and O–H groups in total. The molecule has 0 aliphatic rings. The zero-order valence-corrected chi connectivity index (χ0v) is 18.1. The second-order valence-electron chi connectivity index (χ2n) is 6.93. The van der Waals surface area contributed by atoms with Gasteiger partial charge in [-0.15, -0.1) is 0 Å². The van der Waals surface area contributed by atoms with Crippen LogP contribution in [-0.2, 0) is 31.5 Å². The number of para-hydroxylation sites is 1. The Morgan fingerprint density at radius 2 is 1.74 bits per heavy atom. The molecule has 0 bridgehead atoms. The number of aryl methyl sites for hydroxylation is 2. The van der Waals surface area contributed by atoms with Crippen molar-refractivity contribution < 1.29 is 27.2 Å². The molecule has 0 atom stereocenters. The van der Waals surface area contributed by atoms with Crippen molar-refractivity contribution in [3.05, 3.63) is 83.3 Å². The van der Waals surface area contributed by atoms with Gasteiger partial charge in [0, 0.05) is 11.3 Å². The third kappa shape index (κ3) is 5.40. The second-order valence-corrected chi connectivity index (χ2v) is 8.92. The van der Waals surface area contributed by atoms with E-state index < -0.39 is 34.1 Å². The van der Waals surface area contributed by atoms with Crippen LogP contribution in [0.15, 0.2) is 70.2 Å². The van der Waals surface area contributed by atoms with E-state index in [1.807, 2.05) is 32.0 Å². The molecule has 1 heterocycles. The lowest BCUT2D eigenvalue weighted by Gasteiger charge is -2.13. The van der Waals surface area contributed by atoms with Gasteiger partial charge in [-0.2, -0.15) is 0 Å². The van der Waals surface area contributed by atoms with E-state index in [1.54, 1.807) is 18.2 Å². The van der Waals surface area contributed by atoms with Crippen LogP contribution in [0.25, 0.3) is 0 Å². The highest BCUT2D eigenvalue weighted by Gasteiger charge is 2.24. The highest BCUT2D eigenvalue weighted by Crippen LogP contribution is 2.22. The van der Waals surface area contributed by atoms with Crippen LogP contribution in [-0.4, -0.2) is 26.9 Å². The second kappa shape index (κ2) is 9.61. The van der Waals surface area contributed by atoms with Gasteiger partial charge in [-0.1, -0.05) is 43.3 Å². The third-order valence-electron chi connectivity index (χ3n) is 4.72. The number of hydrogen-bond donors (Lipinski definition) is 1. The van der Waals surface area contributed by atoms with Crippen LogP contribution in [0.3, 0.4) is 0 Å². The van der Waals surface area contributed by atoms with Gasteiger partial charge >= 0.3 is 5.97 Å². The first-order chi connectivity index (χ1) is 14.8. The van der Waals surface area contributed by atoms with Crippen LogP contribution < -0.4 is 5.32 Å². The van der Waals surface area contributed by atoms with Gasteiger partial charge in [-0.25, -0.2) is 13.2 Å². The fourth-order valence-electron chi connectivity index (χ4n) is 3.12. The molecule has 31 heavy (non-hydrogen) atoms. The molecular formula is C23H23NO6S. The number of amides is 1. The monoisotopic (exact) mass is 441 g/mol. The predicted octanol–water partition coefficient (Wildman–Crippen LogP) is 3.92. The maximum Gasteiger partial charge on any atom is 0.375 e. The number of rotatable bonds is 8. The third-order valence-corrected chi connectivity index (χ3v) is 6.40. The number of ether oxygens (including phenoxy) is 1. The molecular weight excluding hydrogens is 418 g/mol. The van der Waals surface area contributed by atoms with Gasteiger partial charge < -0.3 is 14.5 Å². The molecule has 0 saturated heterocycles. The van der Waals surface area contributed by atoms with Crippen molar-refractivity contribution in [3.8, 4) is 0 Å². The van der Waals surface area contributed by atoms with Gasteiger partial charge in [-0.3, -0.25) is 4.79 Å². The zero-order valence-electron chi connectivity index (χ0n) is 17.3. The molecule has 1 amide bonds. The topological polar surface area (TPSA) is 103 Å². The Morgan fingerprint density at radius 3 is 2.45 bits per heavy atom. The molecule has 0 saturated carbocycles. The van der Waals surface area contributed by atoms with Crippen molar-refractivity contribution in [2.45, 2.75) is 30.9 Å². The van der Waals surface area contributed by atoms with Crippen molar-refractivity contribution in [1.29, 1.82) is 0 Å². The van der Waals surface area contributed by atoms with Crippen molar-refractivity contribution in [3.63, 3.8) is 0 Å². The maximum absolute atomic E-state index is 12.6. The minimum absolute atomic E-state index is 0.139. The summed E-state index contributed by atoms with van der Waals surface area (Å²) in [7, 11) is -3.67. The Labute approximate surface area is 181 Å². The predicted molar refractivity (Wildman–Crippen MR) is 116 cm³/mol. The van der Waals surface area contributed by atoms with Gasteiger partial charge in [0.05, 0.1) is 16.9 Å². The highest BCUT2D eigenvalue weighted by atomic mass is 32.2. The van der Waals surface area contributed by atoms with Crippen LogP contribution in [0.4, 0.5) is 5.69 Å². The molecule has 2 aromatic carbocycles. The summed E-state index contributed by atoms with van der Waals surface area (Å²) in [6, 6.07) is 15.0. The minimum atomic E-state index is -3.67. The first-order valence-corrected chi connectivity index (χ1v) is 11.4. The van der Waals surface area contributed by atoms with Crippen LogP contribution in [0, 0.1) is 6.92 Å². The Balaban J connectivity index is 1.65. The average molecular weight is 442 g/mol. The van der Waals surface area contributed by atoms with Crippen molar-refractivity contribution >= 4 is 27.4 Å². The lowest BCUT2D eigenvalue weighted by atomic mass is 10.1. The Hall–Kier alpha value is -3.39. The van der Waals surface area contributed by atoms with E-state index in [0.717, 1.165) is 17.5 Å². The first-order valence-electron chi connectivity index (χ1n) is 9.71. The highest BCUT2D eigenvalue weighted by molar-refractivity contribution is 7.90. The first kappa shape index (κ1) is 22.3. The van der Waals surface area contributed by atoms with Crippen LogP contribution in [0.5, 0.6) is 0 Å². The molecule has 0 aliphatic carbocycles. The SMILES string of the molecule is CCc1cccc(C)c1NC(=O)COC(=O)c1occc1CS(=O)(=O)c1ccccc1. The van der Waals surface area contributed by atoms with Gasteiger partial charge in [0.2, 0.25) is 5.76 Å². The van der Waals surface area contributed by atoms with E-state index in [4.69, 9.17) is 9.15 Å². The summed E-state index contributed by atoms with van der Waals surface area (Å²) in [6.07, 6.45) is 1.95. The molecule has 0 radical (unpaired) electrons. The van der Waals surface area contributed by atoms with Crippen LogP contribution in [0.2, 0.25) is 0 Å². The van der Waals surface area contributed by atoms with E-state index in [-0.39, 0.29) is 16.2 Å². The number of carbonyl (C=O) groups excluding carboxylic acids is 2. The van der Waals surface area contributed by atoms with Gasteiger partial charge in [-0.05, 0) is 42.7 Å². The quantitative estimate of drug-likeness (QED) is 0.532. The summed E-state index contributed by atoms with van der Waals surface area (Å²) in [4.78, 5) is 24.8. The molecule has 8 heteroatoms. The number of carbonyl (C=O) groups is 2. The number of nitrogens with one attached hydrogen (secondary N) is 1. The standard InChI is InChI=1S/C23H23NO6S/c1-3-17-9-7-8-16(2)21(17)24-20(25)14-30-23(26)22-18(12-13-29-22)15-31(27,28)19-10-5-4-6-11-19/h4-13H,3,14-15H2,1-2H3,(H,24,25). The summed E-state index contributed by atoms with van der Waals surface area (Å²) >= 11 is 0. The smallest absolute Gasteiger partial charge is 0.375 e. The number of hydrogen-bond acceptors (Lipinski definition) is 6. The van der Waals surface area contributed by atoms with Gasteiger partial charge in [0.25, 0.3) is 5.91 Å². The summed E-state index contributed by atoms with van der Waals surface area (Å²) in [5.74, 6) is -2.06. The number of furan rings is 1. The fraction of sp³-hybridized carbons (Fsp3) is 0.217. The molecule has 1 aromatic heterocycles. The largest absolute Gasteiger partial charge is 0.457 e. The van der Waals surface area contributed by atoms with Crippen LogP contribution in [0.1, 0.15) is 34.2 Å². The molecule has 162 valence electrons. The van der Waals surface area contributed by atoms with Gasteiger partial charge in [0.1, 0.15) is 0 Å². The summed E-state index contributed by atoms with van der Waals surface area (Å²) in [5.41, 5.74) is 2.73. The number of esters is 1. The average Bonchev–Trinajstić information content (AvgIpc) is 3.21. The minimum Gasteiger partial charge on any atom is -0.457 e. The molecule has 0 aliphatic heterocycles. The molecule has 0 unspecified atom stereocenters. The maximum atomic E-state index is 12.6. The summed E-state index contributed by atoms with van der Waals surface area (Å²) < 4.78 is 35.4. The van der Waals surface area contributed by atoms with Crippen molar-refractivity contribution in [1.82, 2.24) is 0 Å². The molecule has 0 spiro atoms. The molecule has 0 fully saturated rings. The molecule has 3 aromatic rings. The summed E-state index contributed by atoms with van der Waals surface area (Å²) in [5, 5.41) is 2.76. The van der Waals surface area contributed by atoms with E-state index in [2.05, 4.69) is 5.32 Å². The lowest BCUT2D eigenvalue weighted by molar-refractivity contribution is -0.119. The molecule has 7 nitrogen and oxygen atoms in total.